The molecule has 2 aliphatic heterocycles. The molecule has 1 amide bonds. The highest BCUT2D eigenvalue weighted by Gasteiger charge is 2.26. The van der Waals surface area contributed by atoms with Crippen LogP contribution >= 0.6 is 0 Å². The lowest BCUT2D eigenvalue weighted by Gasteiger charge is -2.25. The van der Waals surface area contributed by atoms with Crippen LogP contribution in [-0.2, 0) is 17.7 Å². The lowest BCUT2D eigenvalue weighted by Crippen LogP contribution is -2.42. The summed E-state index contributed by atoms with van der Waals surface area (Å²) in [4.78, 5) is 12.6. The van der Waals surface area contributed by atoms with Gasteiger partial charge < -0.3 is 19.5 Å². The Kier molecular flexibility index (Phi) is 5.81. The van der Waals surface area contributed by atoms with E-state index < -0.39 is 6.61 Å². The van der Waals surface area contributed by atoms with Crippen molar-refractivity contribution in [3.8, 4) is 17.7 Å². The third kappa shape index (κ3) is 4.52. The fourth-order valence-electron chi connectivity index (χ4n) is 3.57. The van der Waals surface area contributed by atoms with Crippen molar-refractivity contribution in [2.24, 2.45) is 0 Å². The lowest BCUT2D eigenvalue weighted by molar-refractivity contribution is -0.133. The predicted molar refractivity (Wildman–Crippen MR) is 99.4 cm³/mol. The van der Waals surface area contributed by atoms with Crippen molar-refractivity contribution in [3.63, 3.8) is 0 Å². The van der Waals surface area contributed by atoms with Crippen molar-refractivity contribution in [1.82, 2.24) is 15.1 Å². The van der Waals surface area contributed by atoms with E-state index >= 15 is 0 Å². The number of alkyl halides is 2. The van der Waals surface area contributed by atoms with Crippen molar-refractivity contribution in [2.75, 3.05) is 13.2 Å². The lowest BCUT2D eigenvalue weighted by atomic mass is 10.0. The highest BCUT2D eigenvalue weighted by molar-refractivity contribution is 5.92. The summed E-state index contributed by atoms with van der Waals surface area (Å²) in [6.45, 7) is -2.04. The van der Waals surface area contributed by atoms with E-state index in [1.54, 1.807) is 28.9 Å². The number of amides is 1. The van der Waals surface area contributed by atoms with Gasteiger partial charge in [0.25, 0.3) is 5.91 Å². The molecule has 4 rings (SSSR count). The molecule has 10 heteroatoms. The zero-order valence-electron chi connectivity index (χ0n) is 16.0. The minimum atomic E-state index is -2.79. The molecule has 0 saturated carbocycles. The molecule has 0 bridgehead atoms. The van der Waals surface area contributed by atoms with E-state index in [4.69, 9.17) is 14.7 Å². The SMILES string of the molecule is N#Cc1ccc2c(c1)C[C@@H](NC(=O)c1cc3n(n1)CC[C@H](CCOC(F)F)O3)CO2. The zero-order valence-corrected chi connectivity index (χ0v) is 16.0. The van der Waals surface area contributed by atoms with Crippen molar-refractivity contribution < 1.29 is 27.8 Å². The van der Waals surface area contributed by atoms with Crippen LogP contribution < -0.4 is 14.8 Å². The standard InChI is InChI=1S/C20H20F2N4O4/c21-20(22)28-6-4-15-3-5-26-18(30-15)9-16(25-26)19(27)24-14-8-13-7-12(10-23)1-2-17(13)29-11-14/h1-2,7,9,14-15,20H,3-6,8,11H2,(H,24,27)/t14-,15-/m1/s1. The van der Waals surface area contributed by atoms with Crippen LogP contribution in [0.2, 0.25) is 0 Å². The number of benzene rings is 1. The fourth-order valence-corrected chi connectivity index (χ4v) is 3.57. The molecule has 1 N–H and O–H groups in total. The number of nitrogens with one attached hydrogen (secondary N) is 1. The molecule has 1 aromatic carbocycles. The van der Waals surface area contributed by atoms with Crippen LogP contribution in [0.1, 0.15) is 34.5 Å². The second kappa shape index (κ2) is 8.67. The van der Waals surface area contributed by atoms with Crippen LogP contribution in [0.25, 0.3) is 0 Å². The Labute approximate surface area is 171 Å². The second-order valence-corrected chi connectivity index (χ2v) is 7.16. The van der Waals surface area contributed by atoms with Gasteiger partial charge in [-0.15, -0.1) is 0 Å². The number of nitrogens with zero attached hydrogens (tertiary/aromatic N) is 3. The quantitative estimate of drug-likeness (QED) is 0.773. The minimum Gasteiger partial charge on any atom is -0.491 e. The first-order valence-corrected chi connectivity index (χ1v) is 9.63. The van der Waals surface area contributed by atoms with Gasteiger partial charge in [-0.25, -0.2) is 4.68 Å². The molecule has 0 unspecified atom stereocenters. The third-order valence-electron chi connectivity index (χ3n) is 5.04. The van der Waals surface area contributed by atoms with E-state index in [2.05, 4.69) is 21.2 Å². The summed E-state index contributed by atoms with van der Waals surface area (Å²) in [6, 6.07) is 8.60. The van der Waals surface area contributed by atoms with Crippen LogP contribution in [0.4, 0.5) is 8.78 Å². The number of aromatic nitrogens is 2. The molecule has 30 heavy (non-hydrogen) atoms. The summed E-state index contributed by atoms with van der Waals surface area (Å²) in [5, 5.41) is 16.2. The van der Waals surface area contributed by atoms with Crippen molar-refractivity contribution in [2.45, 2.75) is 44.6 Å². The minimum absolute atomic E-state index is 0.0967. The molecule has 0 saturated heterocycles. The molecule has 158 valence electrons. The first kappa shape index (κ1) is 20.1. The maximum atomic E-state index is 12.6. The number of rotatable bonds is 6. The molecule has 3 heterocycles. The topological polar surface area (TPSA) is 98.4 Å². The normalized spacial score (nSPS) is 19.8. The Morgan fingerprint density at radius 1 is 1.43 bits per heavy atom. The van der Waals surface area contributed by atoms with Crippen LogP contribution in [-0.4, -0.2) is 47.7 Å². The molecule has 0 aliphatic carbocycles. The first-order valence-electron chi connectivity index (χ1n) is 9.63. The van der Waals surface area contributed by atoms with Gasteiger partial charge in [0.1, 0.15) is 18.5 Å². The average molecular weight is 418 g/mol. The zero-order chi connectivity index (χ0) is 21.1. The van der Waals surface area contributed by atoms with E-state index in [1.807, 2.05) is 0 Å². The van der Waals surface area contributed by atoms with Gasteiger partial charge in [0.2, 0.25) is 5.88 Å². The molecular weight excluding hydrogens is 398 g/mol. The fraction of sp³-hybridized carbons (Fsp3) is 0.450. The largest absolute Gasteiger partial charge is 0.491 e. The Morgan fingerprint density at radius 2 is 2.30 bits per heavy atom. The number of carbonyl (C=O) groups is 1. The molecule has 0 radical (unpaired) electrons. The second-order valence-electron chi connectivity index (χ2n) is 7.16. The molecule has 1 aromatic heterocycles. The van der Waals surface area contributed by atoms with Crippen LogP contribution in [0, 0.1) is 11.3 Å². The Morgan fingerprint density at radius 3 is 3.10 bits per heavy atom. The molecule has 0 fully saturated rings. The molecule has 2 aliphatic rings. The highest BCUT2D eigenvalue weighted by atomic mass is 19.3. The summed E-state index contributed by atoms with van der Waals surface area (Å²) in [7, 11) is 0. The highest BCUT2D eigenvalue weighted by Crippen LogP contribution is 2.27. The van der Waals surface area contributed by atoms with Gasteiger partial charge in [-0.2, -0.15) is 19.1 Å². The number of hydrogen-bond acceptors (Lipinski definition) is 6. The molecular formula is C20H20F2N4O4. The molecule has 2 atom stereocenters. The maximum absolute atomic E-state index is 12.6. The molecule has 0 spiro atoms. The average Bonchev–Trinajstić information content (AvgIpc) is 3.16. The summed E-state index contributed by atoms with van der Waals surface area (Å²) in [6.07, 6.45) is 1.21. The van der Waals surface area contributed by atoms with Crippen molar-refractivity contribution in [1.29, 1.82) is 5.26 Å². The van der Waals surface area contributed by atoms with E-state index in [0.29, 0.717) is 49.6 Å². The van der Waals surface area contributed by atoms with Crippen LogP contribution in [0.3, 0.4) is 0 Å². The summed E-state index contributed by atoms with van der Waals surface area (Å²) in [5.74, 6) is 0.788. The van der Waals surface area contributed by atoms with Crippen LogP contribution in [0.15, 0.2) is 24.3 Å². The summed E-state index contributed by atoms with van der Waals surface area (Å²) >= 11 is 0. The molecule has 2 aromatic rings. The van der Waals surface area contributed by atoms with Gasteiger partial charge >= 0.3 is 6.61 Å². The molecule has 8 nitrogen and oxygen atoms in total. The van der Waals surface area contributed by atoms with Gasteiger partial charge in [-0.3, -0.25) is 4.79 Å². The van der Waals surface area contributed by atoms with Crippen molar-refractivity contribution in [3.05, 3.63) is 41.1 Å². The van der Waals surface area contributed by atoms with Gasteiger partial charge in [0, 0.05) is 25.5 Å². The van der Waals surface area contributed by atoms with Crippen molar-refractivity contribution >= 4 is 5.91 Å². The van der Waals surface area contributed by atoms with E-state index in [-0.39, 0.29) is 30.4 Å². The Hall–Kier alpha value is -3.19. The number of nitriles is 1. The van der Waals surface area contributed by atoms with Gasteiger partial charge in [-0.1, -0.05) is 0 Å². The van der Waals surface area contributed by atoms with Crippen LogP contribution in [0.5, 0.6) is 11.6 Å². The summed E-state index contributed by atoms with van der Waals surface area (Å²) in [5.41, 5.74) is 1.62. The number of carbonyl (C=O) groups excluding carboxylic acids is 1. The number of ether oxygens (including phenoxy) is 3. The Bertz CT molecular complexity index is 972. The number of fused-ring (bicyclic) bond motifs is 2. The Balaban J connectivity index is 1.35. The van der Waals surface area contributed by atoms with Gasteiger partial charge in [-0.05, 0) is 30.2 Å². The number of halogens is 2. The van der Waals surface area contributed by atoms with Gasteiger partial charge in [0.15, 0.2) is 5.69 Å². The van der Waals surface area contributed by atoms with E-state index in [1.165, 1.54) is 0 Å². The van der Waals surface area contributed by atoms with E-state index in [0.717, 1.165) is 5.56 Å². The maximum Gasteiger partial charge on any atom is 0.345 e. The smallest absolute Gasteiger partial charge is 0.345 e. The summed E-state index contributed by atoms with van der Waals surface area (Å²) < 4.78 is 41.5. The number of aryl methyl sites for hydroxylation is 1. The van der Waals surface area contributed by atoms with E-state index in [9.17, 15) is 13.6 Å². The van der Waals surface area contributed by atoms with Gasteiger partial charge in [0.05, 0.1) is 24.3 Å². The third-order valence-corrected chi connectivity index (χ3v) is 5.04. The number of hydrogen-bond donors (Lipinski definition) is 1. The monoisotopic (exact) mass is 418 g/mol. The predicted octanol–water partition coefficient (Wildman–Crippen LogP) is 2.27. The first-order chi connectivity index (χ1) is 14.5.